The van der Waals surface area contributed by atoms with Gasteiger partial charge in [-0.2, -0.15) is 0 Å². The van der Waals surface area contributed by atoms with Crippen LogP contribution in [0.4, 0.5) is 0 Å². The molecule has 0 aromatic heterocycles. The molecule has 0 fully saturated rings. The zero-order valence-corrected chi connectivity index (χ0v) is 11.7. The van der Waals surface area contributed by atoms with Crippen LogP contribution in [0.1, 0.15) is 31.1 Å². The first-order valence-electron chi connectivity index (χ1n) is 6.21. The highest BCUT2D eigenvalue weighted by atomic mass is 16.2. The van der Waals surface area contributed by atoms with Gasteiger partial charge in [0.1, 0.15) is 0 Å². The van der Waals surface area contributed by atoms with Crippen LogP contribution in [0.5, 0.6) is 0 Å². The molecule has 0 unspecified atom stereocenters. The molecule has 22 heavy (non-hydrogen) atoms. The van der Waals surface area contributed by atoms with Gasteiger partial charge >= 0.3 is 0 Å². The van der Waals surface area contributed by atoms with E-state index in [0.29, 0.717) is 16.7 Å². The number of primary amides is 2. The number of amides is 3. The van der Waals surface area contributed by atoms with Crippen molar-refractivity contribution in [2.75, 3.05) is 0 Å². The first-order chi connectivity index (χ1) is 10.5. The van der Waals surface area contributed by atoms with Crippen molar-refractivity contribution in [3.05, 3.63) is 71.3 Å². The Morgan fingerprint density at radius 3 is 1.41 bits per heavy atom. The lowest BCUT2D eigenvalue weighted by Gasteiger charge is -1.96. The summed E-state index contributed by atoms with van der Waals surface area (Å²) in [7, 11) is 0. The summed E-state index contributed by atoms with van der Waals surface area (Å²) in [5, 5.41) is 0. The van der Waals surface area contributed by atoms with E-state index in [9.17, 15) is 14.4 Å². The van der Waals surface area contributed by atoms with Crippen molar-refractivity contribution in [1.29, 1.82) is 0 Å². The van der Waals surface area contributed by atoms with E-state index in [0.717, 1.165) is 0 Å². The van der Waals surface area contributed by atoms with Gasteiger partial charge in [0.15, 0.2) is 0 Å². The Labute approximate surface area is 127 Å². The Hall–Kier alpha value is -3.19. The van der Waals surface area contributed by atoms with Crippen molar-refractivity contribution in [3.63, 3.8) is 0 Å². The molecule has 7 N–H and O–H groups in total. The molecule has 0 aliphatic rings. The van der Waals surface area contributed by atoms with E-state index in [4.69, 9.17) is 17.3 Å². The lowest BCUT2D eigenvalue weighted by atomic mass is 10.1. The standard InChI is InChI=1S/C8H8N2O2.C7H8N2O/c9-7(11)5-1-2-6(4-3-5)8(10)12;8-9-7(10)6-4-2-1-3-5-6/h1-4H,(H2,9,11)(H2,10,12);1-5H,8H2,(H,9,10). The predicted molar refractivity (Wildman–Crippen MR) is 81.6 cm³/mol. The Balaban J connectivity index is 0.000000224. The van der Waals surface area contributed by atoms with Gasteiger partial charge in [-0.1, -0.05) is 18.2 Å². The number of nitrogens with one attached hydrogen (secondary N) is 1. The first-order valence-corrected chi connectivity index (χ1v) is 6.21. The highest BCUT2D eigenvalue weighted by molar-refractivity contribution is 5.96. The highest BCUT2D eigenvalue weighted by Crippen LogP contribution is 2.02. The van der Waals surface area contributed by atoms with Crippen molar-refractivity contribution >= 4 is 17.7 Å². The third-order valence-electron chi connectivity index (χ3n) is 2.62. The summed E-state index contributed by atoms with van der Waals surface area (Å²) in [6, 6.07) is 14.6. The minimum atomic E-state index is -0.522. The van der Waals surface area contributed by atoms with E-state index in [-0.39, 0.29) is 5.91 Å². The molecule has 2 aromatic rings. The minimum absolute atomic E-state index is 0.263. The largest absolute Gasteiger partial charge is 0.366 e. The maximum atomic E-state index is 10.8. The van der Waals surface area contributed by atoms with Crippen LogP contribution in [0.2, 0.25) is 0 Å². The second-order valence-electron chi connectivity index (χ2n) is 4.15. The van der Waals surface area contributed by atoms with Crippen LogP contribution in [0.3, 0.4) is 0 Å². The highest BCUT2D eigenvalue weighted by Gasteiger charge is 2.02. The van der Waals surface area contributed by atoms with Crippen LogP contribution >= 0.6 is 0 Å². The summed E-state index contributed by atoms with van der Waals surface area (Å²) in [4.78, 5) is 32.0. The second kappa shape index (κ2) is 8.18. The zero-order chi connectivity index (χ0) is 16.5. The predicted octanol–water partition coefficient (Wildman–Crippen LogP) is 0.174. The number of benzene rings is 2. The maximum absolute atomic E-state index is 10.8. The number of carbonyl (C=O) groups is 3. The third-order valence-corrected chi connectivity index (χ3v) is 2.62. The molecule has 0 heterocycles. The van der Waals surface area contributed by atoms with Gasteiger partial charge in [0.05, 0.1) is 0 Å². The second-order valence-corrected chi connectivity index (χ2v) is 4.15. The molecule has 0 saturated heterocycles. The smallest absolute Gasteiger partial charge is 0.265 e. The van der Waals surface area contributed by atoms with Crippen molar-refractivity contribution in [3.8, 4) is 0 Å². The lowest BCUT2D eigenvalue weighted by molar-refractivity contribution is 0.0951. The summed E-state index contributed by atoms with van der Waals surface area (Å²) >= 11 is 0. The first kappa shape index (κ1) is 16.9. The fourth-order valence-electron chi connectivity index (χ4n) is 1.47. The summed E-state index contributed by atoms with van der Waals surface area (Å²) < 4.78 is 0. The van der Waals surface area contributed by atoms with E-state index >= 15 is 0 Å². The average molecular weight is 300 g/mol. The fraction of sp³-hybridized carbons (Fsp3) is 0. The van der Waals surface area contributed by atoms with E-state index in [1.54, 1.807) is 24.3 Å². The molecule has 2 rings (SSSR count). The van der Waals surface area contributed by atoms with Crippen molar-refractivity contribution < 1.29 is 14.4 Å². The molecule has 7 heteroatoms. The molecule has 0 spiro atoms. The molecule has 0 aliphatic carbocycles. The minimum Gasteiger partial charge on any atom is -0.366 e. The summed E-state index contributed by atoms with van der Waals surface area (Å²) in [6.45, 7) is 0. The number of hydrazine groups is 1. The van der Waals surface area contributed by atoms with Gasteiger partial charge in [0.2, 0.25) is 11.8 Å². The SMILES string of the molecule is NC(=O)c1ccc(C(N)=O)cc1.NNC(=O)c1ccccc1. The molecule has 0 radical (unpaired) electrons. The number of hydrogen-bond acceptors (Lipinski definition) is 4. The van der Waals surface area contributed by atoms with Gasteiger partial charge in [0.25, 0.3) is 5.91 Å². The van der Waals surface area contributed by atoms with Crippen molar-refractivity contribution in [2.24, 2.45) is 17.3 Å². The topological polar surface area (TPSA) is 141 Å². The average Bonchev–Trinajstić information content (AvgIpc) is 2.55. The third kappa shape index (κ3) is 5.06. The molecular weight excluding hydrogens is 284 g/mol. The Kier molecular flexibility index (Phi) is 6.27. The maximum Gasteiger partial charge on any atom is 0.265 e. The number of rotatable bonds is 3. The van der Waals surface area contributed by atoms with E-state index in [2.05, 4.69) is 0 Å². The summed E-state index contributed by atoms with van der Waals surface area (Å²) in [5.74, 6) is 3.60. The quantitative estimate of drug-likeness (QED) is 0.364. The Bertz CT molecular complexity index is 621. The molecule has 0 saturated carbocycles. The van der Waals surface area contributed by atoms with Crippen molar-refractivity contribution in [2.45, 2.75) is 0 Å². The van der Waals surface area contributed by atoms with E-state index in [1.807, 2.05) is 11.5 Å². The van der Waals surface area contributed by atoms with Crippen LogP contribution in [-0.4, -0.2) is 17.7 Å². The van der Waals surface area contributed by atoms with Crippen molar-refractivity contribution in [1.82, 2.24) is 5.43 Å². The molecule has 0 aliphatic heterocycles. The molecule has 2 aromatic carbocycles. The number of hydrogen-bond donors (Lipinski definition) is 4. The Morgan fingerprint density at radius 2 is 1.09 bits per heavy atom. The van der Waals surface area contributed by atoms with Gasteiger partial charge in [-0.25, -0.2) is 5.84 Å². The Morgan fingerprint density at radius 1 is 0.682 bits per heavy atom. The molecule has 7 nitrogen and oxygen atoms in total. The van der Waals surface area contributed by atoms with Gasteiger partial charge in [-0.05, 0) is 36.4 Å². The molecule has 3 amide bonds. The lowest BCUT2D eigenvalue weighted by Crippen LogP contribution is -2.29. The normalized spacial score (nSPS) is 9.14. The fourth-order valence-corrected chi connectivity index (χ4v) is 1.47. The molecule has 0 bridgehead atoms. The van der Waals surface area contributed by atoms with Crippen LogP contribution in [0.25, 0.3) is 0 Å². The number of carbonyl (C=O) groups excluding carboxylic acids is 3. The van der Waals surface area contributed by atoms with Gasteiger partial charge in [-0.3, -0.25) is 19.8 Å². The van der Waals surface area contributed by atoms with E-state index < -0.39 is 11.8 Å². The van der Waals surface area contributed by atoms with Crippen LogP contribution in [0.15, 0.2) is 54.6 Å². The van der Waals surface area contributed by atoms with Gasteiger partial charge in [0, 0.05) is 16.7 Å². The summed E-state index contributed by atoms with van der Waals surface area (Å²) in [5.41, 5.74) is 13.3. The molecular formula is C15H16N4O3. The monoisotopic (exact) mass is 300 g/mol. The van der Waals surface area contributed by atoms with Gasteiger partial charge < -0.3 is 11.5 Å². The number of nitrogens with two attached hydrogens (primary N) is 3. The molecule has 0 atom stereocenters. The van der Waals surface area contributed by atoms with Gasteiger partial charge in [-0.15, -0.1) is 0 Å². The number of nitrogen functional groups attached to an aromatic ring is 1. The summed E-state index contributed by atoms with van der Waals surface area (Å²) in [6.07, 6.45) is 0. The van der Waals surface area contributed by atoms with Crippen LogP contribution in [0, 0.1) is 0 Å². The van der Waals surface area contributed by atoms with E-state index in [1.165, 1.54) is 24.3 Å². The van der Waals surface area contributed by atoms with Crippen LogP contribution < -0.4 is 22.7 Å². The molecule has 114 valence electrons. The van der Waals surface area contributed by atoms with Crippen LogP contribution in [-0.2, 0) is 0 Å². The zero-order valence-electron chi connectivity index (χ0n) is 11.7.